The van der Waals surface area contributed by atoms with Crippen LogP contribution < -0.4 is 10.3 Å². The van der Waals surface area contributed by atoms with Gasteiger partial charge in [0.1, 0.15) is 5.75 Å². The number of nitriles is 1. The number of rotatable bonds is 4. The number of ether oxygens (including phenoxy) is 1. The summed E-state index contributed by atoms with van der Waals surface area (Å²) in [5, 5.41) is 9.38. The summed E-state index contributed by atoms with van der Waals surface area (Å²) >= 11 is 12.1. The Morgan fingerprint density at radius 2 is 2.10 bits per heavy atom. The molecular weight excluding hydrogens is 416 g/mol. The van der Waals surface area contributed by atoms with Crippen LogP contribution in [0.1, 0.15) is 22.4 Å². The minimum Gasteiger partial charge on any atom is -0.453 e. The van der Waals surface area contributed by atoms with E-state index in [-0.39, 0.29) is 44.8 Å². The minimum absolute atomic E-state index is 0.0303. The maximum Gasteiger partial charge on any atom is 0.257 e. The summed E-state index contributed by atoms with van der Waals surface area (Å²) in [4.78, 5) is 16.8. The molecule has 0 saturated heterocycles. The van der Waals surface area contributed by atoms with E-state index in [1.807, 2.05) is 12.1 Å². The van der Waals surface area contributed by atoms with Gasteiger partial charge in [0, 0.05) is 16.1 Å². The summed E-state index contributed by atoms with van der Waals surface area (Å²) in [5.41, 5.74) is 1.49. The zero-order valence-corrected chi connectivity index (χ0v) is 16.3. The summed E-state index contributed by atoms with van der Waals surface area (Å²) in [7, 11) is 0. The molecule has 0 aliphatic heterocycles. The van der Waals surface area contributed by atoms with Gasteiger partial charge in [0.2, 0.25) is 0 Å². The van der Waals surface area contributed by atoms with Gasteiger partial charge >= 0.3 is 0 Å². The molecule has 1 aromatic heterocycles. The van der Waals surface area contributed by atoms with Crippen molar-refractivity contribution in [2.75, 3.05) is 0 Å². The molecule has 0 spiro atoms. The molecule has 0 radical (unpaired) electrons. The molecule has 0 bridgehead atoms. The normalized spacial score (nSPS) is 11.9. The summed E-state index contributed by atoms with van der Waals surface area (Å²) in [6.45, 7) is -0.0303. The Hall–Kier alpha value is -3.14. The lowest BCUT2D eigenvalue weighted by atomic mass is 10.1. The van der Waals surface area contributed by atoms with Gasteiger partial charge in [-0.3, -0.25) is 9.36 Å². The van der Waals surface area contributed by atoms with Crippen molar-refractivity contribution in [1.29, 1.82) is 5.26 Å². The summed E-state index contributed by atoms with van der Waals surface area (Å²) in [6, 6.07) is 9.27. The van der Waals surface area contributed by atoms with Crippen molar-refractivity contribution in [3.05, 3.63) is 91.3 Å². The Morgan fingerprint density at radius 1 is 1.28 bits per heavy atom. The smallest absolute Gasteiger partial charge is 0.257 e. The van der Waals surface area contributed by atoms with E-state index in [2.05, 4.69) is 4.98 Å². The molecule has 0 saturated carbocycles. The number of halogens is 3. The second kappa shape index (κ2) is 7.70. The van der Waals surface area contributed by atoms with Crippen molar-refractivity contribution < 1.29 is 9.13 Å². The van der Waals surface area contributed by atoms with Gasteiger partial charge in [-0.2, -0.15) is 5.26 Å². The monoisotopic (exact) mass is 427 g/mol. The molecule has 144 valence electrons. The van der Waals surface area contributed by atoms with Gasteiger partial charge < -0.3 is 4.74 Å². The van der Waals surface area contributed by atoms with E-state index < -0.39 is 5.82 Å². The molecule has 3 aromatic rings. The lowest BCUT2D eigenvalue weighted by Crippen LogP contribution is -2.25. The lowest BCUT2D eigenvalue weighted by Gasteiger charge is -2.13. The summed E-state index contributed by atoms with van der Waals surface area (Å²) in [5.74, 6) is -0.741. The highest BCUT2D eigenvalue weighted by atomic mass is 35.5. The SMILES string of the molecule is N#Cc1cc(Cl)cc(Oc2c(Cl)ccc(Cn3cnc4c(c3=O)CC=C4)c2F)c1. The first-order valence-electron chi connectivity index (χ1n) is 8.56. The molecule has 0 unspecified atom stereocenters. The van der Waals surface area contributed by atoms with Crippen LogP contribution in [0.4, 0.5) is 4.39 Å². The van der Waals surface area contributed by atoms with Crippen molar-refractivity contribution in [3.8, 4) is 17.6 Å². The Balaban J connectivity index is 1.69. The fourth-order valence-electron chi connectivity index (χ4n) is 3.06. The summed E-state index contributed by atoms with van der Waals surface area (Å²) in [6.07, 6.45) is 5.55. The zero-order valence-electron chi connectivity index (χ0n) is 14.8. The Bertz CT molecular complexity index is 1260. The van der Waals surface area contributed by atoms with Gasteiger partial charge in [0.25, 0.3) is 5.56 Å². The van der Waals surface area contributed by atoms with E-state index in [0.717, 1.165) is 0 Å². The van der Waals surface area contributed by atoms with Crippen LogP contribution in [0.2, 0.25) is 10.0 Å². The molecule has 1 aliphatic carbocycles. The molecule has 2 aromatic carbocycles. The van der Waals surface area contributed by atoms with Crippen LogP contribution in [-0.4, -0.2) is 9.55 Å². The number of aromatic nitrogens is 2. The van der Waals surface area contributed by atoms with Crippen molar-refractivity contribution in [3.63, 3.8) is 0 Å². The second-order valence-electron chi connectivity index (χ2n) is 6.39. The average molecular weight is 428 g/mol. The van der Waals surface area contributed by atoms with Crippen LogP contribution in [0.5, 0.6) is 11.5 Å². The third-order valence-electron chi connectivity index (χ3n) is 4.45. The van der Waals surface area contributed by atoms with Gasteiger partial charge in [-0.25, -0.2) is 9.37 Å². The maximum absolute atomic E-state index is 15.1. The van der Waals surface area contributed by atoms with Crippen LogP contribution in [-0.2, 0) is 13.0 Å². The van der Waals surface area contributed by atoms with Crippen molar-refractivity contribution in [2.45, 2.75) is 13.0 Å². The van der Waals surface area contributed by atoms with E-state index in [0.29, 0.717) is 17.7 Å². The van der Waals surface area contributed by atoms with Gasteiger partial charge in [-0.15, -0.1) is 0 Å². The lowest BCUT2D eigenvalue weighted by molar-refractivity contribution is 0.437. The van der Waals surface area contributed by atoms with Crippen molar-refractivity contribution in [2.24, 2.45) is 0 Å². The Morgan fingerprint density at radius 3 is 2.90 bits per heavy atom. The number of nitrogens with zero attached hydrogens (tertiary/aromatic N) is 3. The number of fused-ring (bicyclic) bond motifs is 1. The number of allylic oxidation sites excluding steroid dienone is 1. The van der Waals surface area contributed by atoms with E-state index in [9.17, 15) is 4.79 Å². The average Bonchev–Trinajstić information content (AvgIpc) is 3.18. The van der Waals surface area contributed by atoms with Crippen LogP contribution in [0.15, 0.2) is 47.5 Å². The van der Waals surface area contributed by atoms with Gasteiger partial charge in [0.15, 0.2) is 11.6 Å². The third-order valence-corrected chi connectivity index (χ3v) is 4.97. The molecular formula is C21H12Cl2FN3O2. The van der Waals surface area contributed by atoms with Crippen LogP contribution in [0, 0.1) is 17.1 Å². The molecule has 0 N–H and O–H groups in total. The molecule has 4 rings (SSSR count). The molecule has 29 heavy (non-hydrogen) atoms. The van der Waals surface area contributed by atoms with E-state index in [1.165, 1.54) is 41.2 Å². The standard InChI is InChI=1S/C21H12Cl2FN3O2/c22-14-6-12(9-25)7-15(8-14)29-20-17(23)5-4-13(19(20)24)10-27-11-26-18-3-1-2-16(18)21(27)28/h1,3-8,11H,2,10H2. The Kier molecular flexibility index (Phi) is 5.10. The largest absolute Gasteiger partial charge is 0.453 e. The molecule has 0 amide bonds. The highest BCUT2D eigenvalue weighted by Crippen LogP contribution is 2.35. The molecule has 0 atom stereocenters. The van der Waals surface area contributed by atoms with E-state index >= 15 is 4.39 Å². The minimum atomic E-state index is -0.707. The van der Waals surface area contributed by atoms with Crippen LogP contribution in [0.25, 0.3) is 6.08 Å². The van der Waals surface area contributed by atoms with E-state index in [4.69, 9.17) is 33.2 Å². The van der Waals surface area contributed by atoms with Crippen LogP contribution >= 0.6 is 23.2 Å². The zero-order chi connectivity index (χ0) is 20.5. The predicted octanol–water partition coefficient (Wildman–Crippen LogP) is 4.97. The third kappa shape index (κ3) is 3.75. The first-order chi connectivity index (χ1) is 14.0. The van der Waals surface area contributed by atoms with Gasteiger partial charge in [-0.05, 0) is 36.8 Å². The molecule has 5 nitrogen and oxygen atoms in total. The quantitative estimate of drug-likeness (QED) is 0.589. The molecule has 1 aliphatic rings. The number of hydrogen-bond donors (Lipinski definition) is 0. The van der Waals surface area contributed by atoms with Crippen LogP contribution in [0.3, 0.4) is 0 Å². The summed E-state index contributed by atoms with van der Waals surface area (Å²) < 4.78 is 22.1. The second-order valence-corrected chi connectivity index (χ2v) is 7.23. The fourth-order valence-corrected chi connectivity index (χ4v) is 3.47. The van der Waals surface area contributed by atoms with Crippen molar-refractivity contribution >= 4 is 29.3 Å². The number of benzene rings is 2. The Labute approximate surface area is 175 Å². The van der Waals surface area contributed by atoms with Gasteiger partial charge in [0.05, 0.1) is 35.2 Å². The molecule has 8 heteroatoms. The van der Waals surface area contributed by atoms with Crippen molar-refractivity contribution in [1.82, 2.24) is 9.55 Å². The van der Waals surface area contributed by atoms with E-state index in [1.54, 1.807) is 6.08 Å². The van der Waals surface area contributed by atoms with Gasteiger partial charge in [-0.1, -0.05) is 35.3 Å². The first-order valence-corrected chi connectivity index (χ1v) is 9.32. The predicted molar refractivity (Wildman–Crippen MR) is 108 cm³/mol. The molecule has 0 fully saturated rings. The topological polar surface area (TPSA) is 67.9 Å². The maximum atomic E-state index is 15.1. The highest BCUT2D eigenvalue weighted by Gasteiger charge is 2.18. The molecule has 1 heterocycles. The number of hydrogen-bond acceptors (Lipinski definition) is 4. The first kappa shape index (κ1) is 19.2. The fraction of sp³-hybridized carbons (Fsp3) is 0.0952. The highest BCUT2D eigenvalue weighted by molar-refractivity contribution is 6.32.